The molecule has 0 N–H and O–H groups in total. The van der Waals surface area contributed by atoms with E-state index in [0.29, 0.717) is 0 Å². The number of nitrogens with zero attached hydrogens (tertiary/aromatic N) is 1. The van der Waals surface area contributed by atoms with Crippen molar-refractivity contribution in [3.63, 3.8) is 0 Å². The molecule has 0 aromatic heterocycles. The molecule has 0 fully saturated rings. The third-order valence-corrected chi connectivity index (χ3v) is 2.99. The van der Waals surface area contributed by atoms with Crippen LogP contribution in [0.5, 0.6) is 0 Å². The van der Waals surface area contributed by atoms with Crippen LogP contribution >= 0.6 is 0 Å². The minimum Gasteiger partial charge on any atom is -0.377 e. The Balaban J connectivity index is 3.15. The van der Waals surface area contributed by atoms with Crippen LogP contribution in [0.25, 0.3) is 5.70 Å². The van der Waals surface area contributed by atoms with Crippen molar-refractivity contribution in [2.75, 3.05) is 14.1 Å². The predicted molar refractivity (Wildman–Crippen MR) is 76.9 cm³/mol. The average molecular weight is 229 g/mol. The van der Waals surface area contributed by atoms with Gasteiger partial charge in [-0.3, -0.25) is 0 Å². The van der Waals surface area contributed by atoms with E-state index < -0.39 is 0 Å². The van der Waals surface area contributed by atoms with Gasteiger partial charge in [0.05, 0.1) is 0 Å². The van der Waals surface area contributed by atoms with Crippen molar-refractivity contribution in [1.82, 2.24) is 4.90 Å². The SMILES string of the molecule is CC/C(C)=C/C=C(/c1ccccc1C)N(C)C. The zero-order valence-electron chi connectivity index (χ0n) is 11.6. The van der Waals surface area contributed by atoms with Crippen LogP contribution < -0.4 is 0 Å². The fourth-order valence-corrected chi connectivity index (χ4v) is 1.68. The first-order valence-corrected chi connectivity index (χ1v) is 6.17. The normalized spacial score (nSPS) is 12.8. The number of hydrogen-bond acceptors (Lipinski definition) is 1. The molecule has 0 aliphatic rings. The summed E-state index contributed by atoms with van der Waals surface area (Å²) in [5, 5.41) is 0. The zero-order chi connectivity index (χ0) is 12.8. The monoisotopic (exact) mass is 229 g/mol. The molecule has 0 bridgehead atoms. The Hall–Kier alpha value is -1.50. The van der Waals surface area contributed by atoms with Crippen LogP contribution in [-0.2, 0) is 0 Å². The summed E-state index contributed by atoms with van der Waals surface area (Å²) in [4.78, 5) is 2.17. The molecule has 0 heterocycles. The van der Waals surface area contributed by atoms with Gasteiger partial charge in [0.2, 0.25) is 0 Å². The lowest BCUT2D eigenvalue weighted by Crippen LogP contribution is -2.10. The standard InChI is InChI=1S/C16H23N/c1-6-13(2)11-12-16(17(4)5)15-10-8-7-9-14(15)3/h7-12H,6H2,1-5H3/b13-11+,16-12-. The highest BCUT2D eigenvalue weighted by molar-refractivity contribution is 5.67. The third-order valence-electron chi connectivity index (χ3n) is 2.99. The lowest BCUT2D eigenvalue weighted by molar-refractivity contribution is 0.591. The van der Waals surface area contributed by atoms with Crippen LogP contribution in [0.15, 0.2) is 42.0 Å². The number of allylic oxidation sites excluding steroid dienone is 3. The fourth-order valence-electron chi connectivity index (χ4n) is 1.68. The molecule has 0 radical (unpaired) electrons. The first kappa shape index (κ1) is 13.6. The van der Waals surface area contributed by atoms with Crippen LogP contribution in [0.2, 0.25) is 0 Å². The molecule has 0 amide bonds. The van der Waals surface area contributed by atoms with Crippen LogP contribution in [0.1, 0.15) is 31.4 Å². The maximum atomic E-state index is 2.21. The van der Waals surface area contributed by atoms with E-state index in [1.807, 2.05) is 0 Å². The second kappa shape index (κ2) is 6.29. The molecule has 92 valence electrons. The highest BCUT2D eigenvalue weighted by Crippen LogP contribution is 2.20. The molecular weight excluding hydrogens is 206 g/mol. The Morgan fingerprint density at radius 2 is 1.82 bits per heavy atom. The largest absolute Gasteiger partial charge is 0.377 e. The number of rotatable bonds is 4. The van der Waals surface area contributed by atoms with Crippen LogP contribution in [0.3, 0.4) is 0 Å². The van der Waals surface area contributed by atoms with E-state index in [2.05, 4.69) is 76.2 Å². The lowest BCUT2D eigenvalue weighted by Gasteiger charge is -2.19. The van der Waals surface area contributed by atoms with Crippen molar-refractivity contribution in [1.29, 1.82) is 0 Å². The van der Waals surface area contributed by atoms with Crippen molar-refractivity contribution in [2.24, 2.45) is 0 Å². The predicted octanol–water partition coefficient (Wildman–Crippen LogP) is 4.25. The number of hydrogen-bond donors (Lipinski definition) is 0. The molecule has 0 aliphatic heterocycles. The van der Waals surface area contributed by atoms with E-state index in [-0.39, 0.29) is 0 Å². The topological polar surface area (TPSA) is 3.24 Å². The van der Waals surface area contributed by atoms with Crippen LogP contribution in [0.4, 0.5) is 0 Å². The second-order valence-electron chi connectivity index (χ2n) is 4.63. The fraction of sp³-hybridized carbons (Fsp3) is 0.375. The van der Waals surface area contributed by atoms with Gasteiger partial charge in [0, 0.05) is 25.4 Å². The van der Waals surface area contributed by atoms with E-state index >= 15 is 0 Å². The molecule has 0 unspecified atom stereocenters. The quantitative estimate of drug-likeness (QED) is 0.697. The Bertz CT molecular complexity index is 425. The van der Waals surface area contributed by atoms with Gasteiger partial charge in [0.25, 0.3) is 0 Å². The summed E-state index contributed by atoms with van der Waals surface area (Å²) in [5.74, 6) is 0. The summed E-state index contributed by atoms with van der Waals surface area (Å²) in [6.07, 6.45) is 5.52. The minimum absolute atomic E-state index is 1.10. The van der Waals surface area contributed by atoms with E-state index in [4.69, 9.17) is 0 Å². The minimum atomic E-state index is 1.10. The van der Waals surface area contributed by atoms with Gasteiger partial charge in [-0.25, -0.2) is 0 Å². The van der Waals surface area contributed by atoms with Crippen LogP contribution in [-0.4, -0.2) is 19.0 Å². The van der Waals surface area contributed by atoms with Crippen molar-refractivity contribution < 1.29 is 0 Å². The Morgan fingerprint density at radius 3 is 2.35 bits per heavy atom. The summed E-state index contributed by atoms with van der Waals surface area (Å²) in [6, 6.07) is 8.51. The Kier molecular flexibility index (Phi) is 5.02. The van der Waals surface area contributed by atoms with E-state index in [1.165, 1.54) is 22.4 Å². The van der Waals surface area contributed by atoms with Gasteiger partial charge in [-0.2, -0.15) is 0 Å². The van der Waals surface area contributed by atoms with Gasteiger partial charge in [-0.1, -0.05) is 42.8 Å². The Morgan fingerprint density at radius 1 is 1.18 bits per heavy atom. The van der Waals surface area contributed by atoms with Gasteiger partial charge in [-0.15, -0.1) is 0 Å². The maximum Gasteiger partial charge on any atom is 0.0437 e. The molecule has 0 atom stereocenters. The van der Waals surface area contributed by atoms with Gasteiger partial charge >= 0.3 is 0 Å². The van der Waals surface area contributed by atoms with Gasteiger partial charge in [-0.05, 0) is 31.9 Å². The van der Waals surface area contributed by atoms with E-state index in [9.17, 15) is 0 Å². The molecule has 0 spiro atoms. The van der Waals surface area contributed by atoms with E-state index in [0.717, 1.165) is 6.42 Å². The molecule has 17 heavy (non-hydrogen) atoms. The summed E-state index contributed by atoms with van der Waals surface area (Å²) in [5.41, 5.74) is 5.28. The van der Waals surface area contributed by atoms with Crippen molar-refractivity contribution in [3.05, 3.63) is 53.1 Å². The van der Waals surface area contributed by atoms with Gasteiger partial charge < -0.3 is 4.90 Å². The highest BCUT2D eigenvalue weighted by Gasteiger charge is 2.05. The molecule has 0 aliphatic carbocycles. The lowest BCUT2D eigenvalue weighted by atomic mass is 10.0. The zero-order valence-corrected chi connectivity index (χ0v) is 11.6. The Labute approximate surface area is 105 Å². The van der Waals surface area contributed by atoms with Crippen molar-refractivity contribution in [3.8, 4) is 0 Å². The van der Waals surface area contributed by atoms with Crippen LogP contribution in [0, 0.1) is 6.92 Å². The maximum absolute atomic E-state index is 2.21. The molecule has 1 nitrogen and oxygen atoms in total. The first-order chi connectivity index (χ1) is 8.06. The second-order valence-corrected chi connectivity index (χ2v) is 4.63. The molecule has 0 saturated carbocycles. The first-order valence-electron chi connectivity index (χ1n) is 6.17. The van der Waals surface area contributed by atoms with Crippen molar-refractivity contribution >= 4 is 5.70 Å². The number of aryl methyl sites for hydroxylation is 1. The highest BCUT2D eigenvalue weighted by atomic mass is 15.1. The molecular formula is C16H23N. The molecule has 1 aromatic carbocycles. The number of benzene rings is 1. The molecule has 1 rings (SSSR count). The molecule has 1 aromatic rings. The summed E-state index contributed by atoms with van der Waals surface area (Å²) < 4.78 is 0. The molecule has 1 heteroatoms. The van der Waals surface area contributed by atoms with E-state index in [1.54, 1.807) is 0 Å². The average Bonchev–Trinajstić information content (AvgIpc) is 2.30. The van der Waals surface area contributed by atoms with Crippen molar-refractivity contribution in [2.45, 2.75) is 27.2 Å². The summed E-state index contributed by atoms with van der Waals surface area (Å²) >= 11 is 0. The summed E-state index contributed by atoms with van der Waals surface area (Å²) in [7, 11) is 4.18. The third kappa shape index (κ3) is 3.77. The summed E-state index contributed by atoms with van der Waals surface area (Å²) in [6.45, 7) is 6.51. The molecule has 0 saturated heterocycles. The van der Waals surface area contributed by atoms with Gasteiger partial charge in [0.1, 0.15) is 0 Å². The van der Waals surface area contributed by atoms with Gasteiger partial charge in [0.15, 0.2) is 0 Å². The smallest absolute Gasteiger partial charge is 0.0437 e.